The van der Waals surface area contributed by atoms with Crippen molar-refractivity contribution in [1.29, 1.82) is 0 Å². The zero-order chi connectivity index (χ0) is 30.2. The molecule has 2 amide bonds. The van der Waals surface area contributed by atoms with E-state index in [-0.39, 0.29) is 17.7 Å². The summed E-state index contributed by atoms with van der Waals surface area (Å²) in [6.45, 7) is 2.34. The predicted octanol–water partition coefficient (Wildman–Crippen LogP) is 5.23. The van der Waals surface area contributed by atoms with Crippen molar-refractivity contribution < 1.29 is 23.6 Å². The first kappa shape index (κ1) is 30.1. The number of carbonyl (C=O) groups excluding carboxylic acids is 2. The standard InChI is InChI=1S/C32H34ClN5O5/c1-41-27-12-11-21(19-28(27)42-2)13-16-34-32(40)24-8-4-6-10-26(24)35-31(39)22-14-17-38(18-15-22)20-29-36-30(37-43-29)23-7-3-5-9-25(23)33/h3-12,19,22H,13-18,20H2,1-2H3,(H,34,40)(H,35,39). The van der Waals surface area contributed by atoms with Crippen molar-refractivity contribution in [2.24, 2.45) is 5.92 Å². The van der Waals surface area contributed by atoms with Crippen LogP contribution < -0.4 is 20.1 Å². The van der Waals surface area contributed by atoms with Gasteiger partial charge < -0.3 is 24.6 Å². The maximum Gasteiger partial charge on any atom is 0.253 e. The number of anilines is 1. The molecular formula is C32H34ClN5O5. The Hall–Kier alpha value is -4.41. The second kappa shape index (κ2) is 14.2. The first-order chi connectivity index (χ1) is 20.9. The van der Waals surface area contributed by atoms with Crippen LogP contribution in [0.1, 0.15) is 34.7 Å². The lowest BCUT2D eigenvalue weighted by Crippen LogP contribution is -2.38. The van der Waals surface area contributed by atoms with Gasteiger partial charge in [0.25, 0.3) is 5.91 Å². The largest absolute Gasteiger partial charge is 0.493 e. The third-order valence-electron chi connectivity index (χ3n) is 7.48. The molecule has 0 aliphatic carbocycles. The average molecular weight is 604 g/mol. The molecular weight excluding hydrogens is 570 g/mol. The highest BCUT2D eigenvalue weighted by molar-refractivity contribution is 6.33. The number of ether oxygens (including phenoxy) is 2. The number of piperidine rings is 1. The minimum atomic E-state index is -0.248. The number of carbonyl (C=O) groups is 2. The minimum Gasteiger partial charge on any atom is -0.493 e. The number of halogens is 1. The molecule has 10 nitrogen and oxygen atoms in total. The first-order valence-electron chi connectivity index (χ1n) is 14.1. The van der Waals surface area contributed by atoms with Crippen molar-refractivity contribution in [2.75, 3.05) is 39.2 Å². The number of nitrogens with zero attached hydrogens (tertiary/aromatic N) is 3. The Morgan fingerprint density at radius 3 is 2.51 bits per heavy atom. The molecule has 0 unspecified atom stereocenters. The van der Waals surface area contributed by atoms with Crippen LogP contribution in [0.25, 0.3) is 11.4 Å². The number of amides is 2. The Kier molecular flexibility index (Phi) is 9.91. The average Bonchev–Trinajstić information content (AvgIpc) is 3.49. The van der Waals surface area contributed by atoms with E-state index < -0.39 is 0 Å². The maximum atomic E-state index is 13.2. The summed E-state index contributed by atoms with van der Waals surface area (Å²) in [6.07, 6.45) is 1.97. The molecule has 0 atom stereocenters. The Labute approximate surface area is 255 Å². The lowest BCUT2D eigenvalue weighted by Gasteiger charge is -2.30. The molecule has 1 aliphatic heterocycles. The number of methoxy groups -OCH3 is 2. The van der Waals surface area contributed by atoms with Gasteiger partial charge in [-0.05, 0) is 74.3 Å². The first-order valence-corrected chi connectivity index (χ1v) is 14.5. The number of para-hydroxylation sites is 1. The van der Waals surface area contributed by atoms with Gasteiger partial charge in [-0.1, -0.05) is 47.1 Å². The van der Waals surface area contributed by atoms with Gasteiger partial charge in [0.2, 0.25) is 17.6 Å². The van der Waals surface area contributed by atoms with E-state index in [9.17, 15) is 9.59 Å². The molecule has 1 aromatic heterocycles. The number of nitrogens with one attached hydrogen (secondary N) is 2. The summed E-state index contributed by atoms with van der Waals surface area (Å²) in [6, 6.07) is 20.1. The Morgan fingerprint density at radius 2 is 1.74 bits per heavy atom. The third-order valence-corrected chi connectivity index (χ3v) is 7.81. The lowest BCUT2D eigenvalue weighted by atomic mass is 9.95. The molecule has 11 heteroatoms. The molecule has 0 bridgehead atoms. The van der Waals surface area contributed by atoms with Gasteiger partial charge in [0.15, 0.2) is 11.5 Å². The number of rotatable bonds is 11. The molecule has 1 fully saturated rings. The Balaban J connectivity index is 1.11. The van der Waals surface area contributed by atoms with Gasteiger partial charge in [0.1, 0.15) is 0 Å². The molecule has 1 saturated heterocycles. The zero-order valence-corrected chi connectivity index (χ0v) is 24.9. The molecule has 5 rings (SSSR count). The molecule has 0 saturated carbocycles. The van der Waals surface area contributed by atoms with E-state index in [0.29, 0.717) is 84.9 Å². The highest BCUT2D eigenvalue weighted by atomic mass is 35.5. The van der Waals surface area contributed by atoms with E-state index in [1.807, 2.05) is 36.4 Å². The molecule has 0 spiro atoms. The van der Waals surface area contributed by atoms with Gasteiger partial charge in [-0.25, -0.2) is 0 Å². The van der Waals surface area contributed by atoms with Crippen LogP contribution in [0.4, 0.5) is 5.69 Å². The second-order valence-corrected chi connectivity index (χ2v) is 10.7. The molecule has 0 radical (unpaired) electrons. The van der Waals surface area contributed by atoms with Crippen LogP contribution in [0.5, 0.6) is 11.5 Å². The molecule has 224 valence electrons. The van der Waals surface area contributed by atoms with Crippen LogP contribution in [-0.2, 0) is 17.8 Å². The third kappa shape index (κ3) is 7.52. The summed E-state index contributed by atoms with van der Waals surface area (Å²) in [5, 5.41) is 10.6. The van der Waals surface area contributed by atoms with Gasteiger partial charge in [-0.15, -0.1) is 0 Å². The van der Waals surface area contributed by atoms with E-state index in [2.05, 4.69) is 25.7 Å². The van der Waals surface area contributed by atoms with Crippen LogP contribution in [0.3, 0.4) is 0 Å². The van der Waals surface area contributed by atoms with E-state index in [1.54, 1.807) is 44.6 Å². The fraction of sp³-hybridized carbons (Fsp3) is 0.312. The number of likely N-dealkylation sites (tertiary alicyclic amines) is 1. The van der Waals surface area contributed by atoms with Crippen LogP contribution in [0.15, 0.2) is 71.3 Å². The zero-order valence-electron chi connectivity index (χ0n) is 24.1. The van der Waals surface area contributed by atoms with Gasteiger partial charge in [-0.2, -0.15) is 4.98 Å². The number of hydrogen-bond donors (Lipinski definition) is 2. The predicted molar refractivity (Wildman–Crippen MR) is 163 cm³/mol. The quantitative estimate of drug-likeness (QED) is 0.239. The number of aromatic nitrogens is 2. The highest BCUT2D eigenvalue weighted by Crippen LogP contribution is 2.28. The summed E-state index contributed by atoms with van der Waals surface area (Å²) in [5.74, 6) is 1.75. The summed E-state index contributed by atoms with van der Waals surface area (Å²) in [5.41, 5.74) is 2.65. The normalized spacial score (nSPS) is 13.8. The van der Waals surface area contributed by atoms with E-state index >= 15 is 0 Å². The summed E-state index contributed by atoms with van der Waals surface area (Å²) < 4.78 is 16.1. The molecule has 43 heavy (non-hydrogen) atoms. The van der Waals surface area contributed by atoms with Crippen molar-refractivity contribution in [1.82, 2.24) is 20.4 Å². The van der Waals surface area contributed by atoms with Crippen LogP contribution >= 0.6 is 11.6 Å². The van der Waals surface area contributed by atoms with Crippen molar-refractivity contribution in [3.63, 3.8) is 0 Å². The van der Waals surface area contributed by atoms with Crippen molar-refractivity contribution in [3.8, 4) is 22.9 Å². The van der Waals surface area contributed by atoms with Gasteiger partial charge in [0.05, 0.1) is 37.0 Å². The van der Waals surface area contributed by atoms with Crippen LogP contribution in [0, 0.1) is 5.92 Å². The minimum absolute atomic E-state index is 0.0935. The van der Waals surface area contributed by atoms with Gasteiger partial charge in [0, 0.05) is 18.0 Å². The van der Waals surface area contributed by atoms with Crippen LogP contribution in [-0.4, -0.2) is 60.7 Å². The summed E-state index contributed by atoms with van der Waals surface area (Å²) >= 11 is 6.25. The smallest absolute Gasteiger partial charge is 0.253 e. The van der Waals surface area contributed by atoms with E-state index in [1.165, 1.54) is 0 Å². The maximum absolute atomic E-state index is 13.2. The lowest BCUT2D eigenvalue weighted by molar-refractivity contribution is -0.121. The molecule has 4 aromatic rings. The fourth-order valence-electron chi connectivity index (χ4n) is 5.09. The van der Waals surface area contributed by atoms with E-state index in [0.717, 1.165) is 11.1 Å². The molecule has 3 aromatic carbocycles. The SMILES string of the molecule is COc1ccc(CCNC(=O)c2ccccc2NC(=O)C2CCN(Cc3nc(-c4ccccc4Cl)no3)CC2)cc1OC. The summed E-state index contributed by atoms with van der Waals surface area (Å²) in [4.78, 5) is 32.9. The number of hydrogen-bond acceptors (Lipinski definition) is 8. The van der Waals surface area contributed by atoms with E-state index in [4.69, 9.17) is 25.6 Å². The Morgan fingerprint density at radius 1 is 1.00 bits per heavy atom. The van der Waals surface area contributed by atoms with Crippen LogP contribution in [0.2, 0.25) is 5.02 Å². The summed E-state index contributed by atoms with van der Waals surface area (Å²) in [7, 11) is 3.18. The second-order valence-electron chi connectivity index (χ2n) is 10.3. The topological polar surface area (TPSA) is 119 Å². The fourth-order valence-corrected chi connectivity index (χ4v) is 5.31. The van der Waals surface area contributed by atoms with Gasteiger partial charge >= 0.3 is 0 Å². The molecule has 2 heterocycles. The number of benzene rings is 3. The van der Waals surface area contributed by atoms with Crippen molar-refractivity contribution >= 4 is 29.1 Å². The monoisotopic (exact) mass is 603 g/mol. The Bertz CT molecular complexity index is 1570. The van der Waals surface area contributed by atoms with Gasteiger partial charge in [-0.3, -0.25) is 14.5 Å². The van der Waals surface area contributed by atoms with Crippen molar-refractivity contribution in [3.05, 3.63) is 88.8 Å². The molecule has 1 aliphatic rings. The molecule has 2 N–H and O–H groups in total. The van der Waals surface area contributed by atoms with Crippen molar-refractivity contribution in [2.45, 2.75) is 25.8 Å². The highest BCUT2D eigenvalue weighted by Gasteiger charge is 2.27.